The van der Waals surface area contributed by atoms with Crippen LogP contribution in [0.5, 0.6) is 0 Å². The van der Waals surface area contributed by atoms with Crippen molar-refractivity contribution < 1.29 is 0 Å². The van der Waals surface area contributed by atoms with Gasteiger partial charge in [-0.3, -0.25) is 4.79 Å². The van der Waals surface area contributed by atoms with Crippen molar-refractivity contribution in [3.63, 3.8) is 0 Å². The third kappa shape index (κ3) is 2.26. The second-order valence-corrected chi connectivity index (χ2v) is 4.13. The predicted octanol–water partition coefficient (Wildman–Crippen LogP) is 1.15. The Morgan fingerprint density at radius 1 is 1.53 bits per heavy atom. The molecule has 0 aromatic carbocycles. The summed E-state index contributed by atoms with van der Waals surface area (Å²) in [5.74, 6) is 1.35. The van der Waals surface area contributed by atoms with E-state index in [1.807, 2.05) is 7.05 Å². The molecule has 4 nitrogen and oxygen atoms in total. The van der Waals surface area contributed by atoms with Gasteiger partial charge in [-0.25, -0.2) is 4.98 Å². The Morgan fingerprint density at radius 3 is 2.87 bits per heavy atom. The topological polar surface area (TPSA) is 57.8 Å². The maximum atomic E-state index is 11.7. The van der Waals surface area contributed by atoms with Crippen LogP contribution >= 0.6 is 0 Å². The fourth-order valence-corrected chi connectivity index (χ4v) is 2.16. The number of hydrogen-bond donors (Lipinski definition) is 2. The molecule has 0 radical (unpaired) electrons. The minimum atomic E-state index is 0.00116. The lowest BCUT2D eigenvalue weighted by Gasteiger charge is -2.08. The Balaban J connectivity index is 2.20. The molecule has 1 aliphatic carbocycles. The predicted molar refractivity (Wildman–Crippen MR) is 58.8 cm³/mol. The average molecular weight is 207 g/mol. The fraction of sp³-hybridized carbons (Fsp3) is 0.636. The van der Waals surface area contributed by atoms with Crippen molar-refractivity contribution in [1.29, 1.82) is 0 Å². The highest BCUT2D eigenvalue weighted by molar-refractivity contribution is 5.08. The first kappa shape index (κ1) is 10.4. The number of nitrogens with zero attached hydrogens (tertiary/aromatic N) is 1. The molecule has 1 heterocycles. The van der Waals surface area contributed by atoms with Crippen molar-refractivity contribution in [1.82, 2.24) is 15.3 Å². The Kier molecular flexibility index (Phi) is 3.16. The molecule has 1 saturated carbocycles. The molecule has 2 N–H and O–H groups in total. The zero-order valence-corrected chi connectivity index (χ0v) is 9.05. The van der Waals surface area contributed by atoms with E-state index in [0.717, 1.165) is 18.7 Å². The van der Waals surface area contributed by atoms with Gasteiger partial charge >= 0.3 is 0 Å². The molecule has 4 heteroatoms. The van der Waals surface area contributed by atoms with E-state index in [1.165, 1.54) is 12.8 Å². The lowest BCUT2D eigenvalue weighted by molar-refractivity contribution is 0.657. The Bertz CT molecular complexity index is 380. The summed E-state index contributed by atoms with van der Waals surface area (Å²) in [5.41, 5.74) is 0.709. The molecule has 1 aromatic heterocycles. The van der Waals surface area contributed by atoms with Gasteiger partial charge in [0, 0.05) is 24.2 Å². The number of rotatable bonds is 3. The first-order valence-corrected chi connectivity index (χ1v) is 5.54. The summed E-state index contributed by atoms with van der Waals surface area (Å²) >= 11 is 0. The summed E-state index contributed by atoms with van der Waals surface area (Å²) in [6.07, 6.45) is 6.53. The zero-order chi connectivity index (χ0) is 10.7. The van der Waals surface area contributed by atoms with Gasteiger partial charge in [0.2, 0.25) is 0 Å². The molecule has 1 aromatic rings. The maximum Gasteiger partial charge on any atom is 0.255 e. The number of aromatic amines is 1. The standard InChI is InChI=1S/C11H17N3O/c1-12-6-9-7-13-10(14-11(9)15)8-4-2-3-5-8/h7-8,12H,2-6H2,1H3,(H,13,14,15). The second-order valence-electron chi connectivity index (χ2n) is 4.13. The average Bonchev–Trinajstić information content (AvgIpc) is 2.74. The van der Waals surface area contributed by atoms with Crippen LogP contribution in [-0.2, 0) is 6.54 Å². The highest BCUT2D eigenvalue weighted by Crippen LogP contribution is 2.31. The molecule has 0 atom stereocenters. The minimum Gasteiger partial charge on any atom is -0.315 e. The van der Waals surface area contributed by atoms with E-state index in [0.29, 0.717) is 18.0 Å². The van der Waals surface area contributed by atoms with Gasteiger partial charge in [-0.15, -0.1) is 0 Å². The highest BCUT2D eigenvalue weighted by atomic mass is 16.1. The largest absolute Gasteiger partial charge is 0.315 e. The van der Waals surface area contributed by atoms with Gasteiger partial charge in [0.25, 0.3) is 5.56 Å². The highest BCUT2D eigenvalue weighted by Gasteiger charge is 2.19. The van der Waals surface area contributed by atoms with Crippen molar-refractivity contribution >= 4 is 0 Å². The second kappa shape index (κ2) is 4.57. The molecule has 15 heavy (non-hydrogen) atoms. The van der Waals surface area contributed by atoms with Crippen LogP contribution in [0.2, 0.25) is 0 Å². The van der Waals surface area contributed by atoms with Gasteiger partial charge in [0.05, 0.1) is 0 Å². The zero-order valence-electron chi connectivity index (χ0n) is 9.05. The van der Waals surface area contributed by atoms with Crippen molar-refractivity contribution in [2.45, 2.75) is 38.1 Å². The van der Waals surface area contributed by atoms with E-state index in [1.54, 1.807) is 6.20 Å². The number of aromatic nitrogens is 2. The van der Waals surface area contributed by atoms with Crippen molar-refractivity contribution in [2.75, 3.05) is 7.05 Å². The van der Waals surface area contributed by atoms with Gasteiger partial charge in [0.1, 0.15) is 5.82 Å². The van der Waals surface area contributed by atoms with E-state index < -0.39 is 0 Å². The van der Waals surface area contributed by atoms with Crippen molar-refractivity contribution in [3.8, 4) is 0 Å². The van der Waals surface area contributed by atoms with Crippen LogP contribution in [0, 0.1) is 0 Å². The van der Waals surface area contributed by atoms with E-state index in [9.17, 15) is 4.79 Å². The van der Waals surface area contributed by atoms with Crippen LogP contribution in [0.1, 0.15) is 43.0 Å². The Morgan fingerprint density at radius 2 is 2.27 bits per heavy atom. The smallest absolute Gasteiger partial charge is 0.255 e. The molecule has 82 valence electrons. The lowest BCUT2D eigenvalue weighted by Crippen LogP contribution is -2.21. The van der Waals surface area contributed by atoms with Gasteiger partial charge in [-0.2, -0.15) is 0 Å². The third-order valence-corrected chi connectivity index (χ3v) is 3.00. The van der Waals surface area contributed by atoms with E-state index >= 15 is 0 Å². The van der Waals surface area contributed by atoms with Crippen LogP contribution in [0.15, 0.2) is 11.0 Å². The van der Waals surface area contributed by atoms with Crippen LogP contribution in [0.3, 0.4) is 0 Å². The van der Waals surface area contributed by atoms with Crippen molar-refractivity contribution in [3.05, 3.63) is 27.9 Å². The van der Waals surface area contributed by atoms with Crippen molar-refractivity contribution in [2.24, 2.45) is 0 Å². The molecule has 2 rings (SSSR count). The van der Waals surface area contributed by atoms with Crippen LogP contribution in [-0.4, -0.2) is 17.0 Å². The summed E-state index contributed by atoms with van der Waals surface area (Å²) in [5, 5.41) is 2.95. The minimum absolute atomic E-state index is 0.00116. The van der Waals surface area contributed by atoms with Crippen LogP contribution in [0.25, 0.3) is 0 Å². The summed E-state index contributed by atoms with van der Waals surface area (Å²) in [6, 6.07) is 0. The molecule has 0 amide bonds. The summed E-state index contributed by atoms with van der Waals surface area (Å²) < 4.78 is 0. The lowest BCUT2D eigenvalue weighted by atomic mass is 10.1. The number of H-pyrrole nitrogens is 1. The van der Waals surface area contributed by atoms with Gasteiger partial charge in [0.15, 0.2) is 0 Å². The Hall–Kier alpha value is -1.16. The van der Waals surface area contributed by atoms with E-state index in [2.05, 4.69) is 15.3 Å². The molecule has 0 bridgehead atoms. The third-order valence-electron chi connectivity index (χ3n) is 3.00. The molecule has 1 aliphatic rings. The Labute approximate surface area is 89.1 Å². The summed E-state index contributed by atoms with van der Waals surface area (Å²) in [4.78, 5) is 18.9. The monoisotopic (exact) mass is 207 g/mol. The molecule has 0 saturated heterocycles. The van der Waals surface area contributed by atoms with Gasteiger partial charge in [-0.05, 0) is 19.9 Å². The van der Waals surface area contributed by atoms with Crippen LogP contribution in [0.4, 0.5) is 0 Å². The van der Waals surface area contributed by atoms with E-state index in [4.69, 9.17) is 0 Å². The molecular formula is C11H17N3O. The molecule has 0 unspecified atom stereocenters. The molecular weight excluding hydrogens is 190 g/mol. The van der Waals surface area contributed by atoms with E-state index in [-0.39, 0.29) is 5.56 Å². The molecule has 0 spiro atoms. The normalized spacial score (nSPS) is 17.1. The number of nitrogens with one attached hydrogen (secondary N) is 2. The fourth-order valence-electron chi connectivity index (χ4n) is 2.16. The SMILES string of the molecule is CNCc1cnc(C2CCCC2)[nH]c1=O. The first-order chi connectivity index (χ1) is 7.31. The maximum absolute atomic E-state index is 11.7. The summed E-state index contributed by atoms with van der Waals surface area (Å²) in [6.45, 7) is 0.577. The molecule has 0 aliphatic heterocycles. The quantitative estimate of drug-likeness (QED) is 0.781. The summed E-state index contributed by atoms with van der Waals surface area (Å²) in [7, 11) is 1.82. The first-order valence-electron chi connectivity index (χ1n) is 5.54. The van der Waals surface area contributed by atoms with Gasteiger partial charge < -0.3 is 10.3 Å². The molecule has 1 fully saturated rings. The van der Waals surface area contributed by atoms with Crippen LogP contribution < -0.4 is 10.9 Å². The number of hydrogen-bond acceptors (Lipinski definition) is 3. The van der Waals surface area contributed by atoms with Gasteiger partial charge in [-0.1, -0.05) is 12.8 Å².